The van der Waals surface area contributed by atoms with Gasteiger partial charge in [0.25, 0.3) is 0 Å². The zero-order valence-corrected chi connectivity index (χ0v) is 13.5. The number of hydrogen-bond acceptors (Lipinski definition) is 3. The first-order valence-electron chi connectivity index (χ1n) is 7.48. The van der Waals surface area contributed by atoms with Gasteiger partial charge in [-0.25, -0.2) is 9.18 Å². The van der Waals surface area contributed by atoms with Crippen molar-refractivity contribution in [1.29, 1.82) is 0 Å². The number of nitrogens with one attached hydrogen (secondary N) is 2. The van der Waals surface area contributed by atoms with Crippen LogP contribution in [0.4, 0.5) is 14.9 Å². The Balaban J connectivity index is 2.67. The fraction of sp³-hybridized carbons (Fsp3) is 0.562. The van der Waals surface area contributed by atoms with Crippen LogP contribution in [0.5, 0.6) is 5.75 Å². The summed E-state index contributed by atoms with van der Waals surface area (Å²) in [6.45, 7) is 7.58. The Hall–Kier alpha value is -1.82. The number of ether oxygens (including phenoxy) is 1. The summed E-state index contributed by atoms with van der Waals surface area (Å²) >= 11 is 0. The van der Waals surface area contributed by atoms with Crippen molar-refractivity contribution >= 4 is 11.7 Å². The van der Waals surface area contributed by atoms with Gasteiger partial charge in [-0.2, -0.15) is 0 Å². The molecule has 2 amide bonds. The summed E-state index contributed by atoms with van der Waals surface area (Å²) in [6, 6.07) is 3.64. The van der Waals surface area contributed by atoms with E-state index in [9.17, 15) is 9.18 Å². The monoisotopic (exact) mass is 312 g/mol. The summed E-state index contributed by atoms with van der Waals surface area (Å²) < 4.78 is 19.3. The molecular weight excluding hydrogens is 287 g/mol. The maximum atomic E-state index is 13.9. The highest BCUT2D eigenvalue weighted by atomic mass is 19.1. The summed E-state index contributed by atoms with van der Waals surface area (Å²) in [5.74, 6) is 0.0277. The van der Waals surface area contributed by atoms with Crippen LogP contribution >= 0.6 is 0 Å². The highest BCUT2D eigenvalue weighted by Crippen LogP contribution is 2.21. The summed E-state index contributed by atoms with van der Waals surface area (Å²) in [4.78, 5) is 11.9. The minimum absolute atomic E-state index is 0.0152. The summed E-state index contributed by atoms with van der Waals surface area (Å²) in [5, 5.41) is 14.2. The highest BCUT2D eigenvalue weighted by molar-refractivity contribution is 5.89. The van der Waals surface area contributed by atoms with E-state index in [1.54, 1.807) is 6.07 Å². The van der Waals surface area contributed by atoms with Crippen LogP contribution in [0.15, 0.2) is 18.2 Å². The fourth-order valence-corrected chi connectivity index (χ4v) is 1.98. The zero-order valence-electron chi connectivity index (χ0n) is 13.5. The third-order valence-electron chi connectivity index (χ3n) is 3.12. The van der Waals surface area contributed by atoms with Gasteiger partial charge in [-0.15, -0.1) is 0 Å². The molecule has 3 N–H and O–H groups in total. The molecule has 0 spiro atoms. The predicted molar refractivity (Wildman–Crippen MR) is 84.6 cm³/mol. The van der Waals surface area contributed by atoms with Crippen molar-refractivity contribution in [1.82, 2.24) is 5.32 Å². The molecule has 0 radical (unpaired) electrons. The SMILES string of the molecule is CC(C)Oc1ccc(NC(=O)N[C@H](CCO)C(C)C)c(F)c1. The number of amides is 2. The molecule has 0 aliphatic carbocycles. The van der Waals surface area contributed by atoms with Crippen molar-refractivity contribution in [3.05, 3.63) is 24.0 Å². The van der Waals surface area contributed by atoms with Gasteiger partial charge in [-0.3, -0.25) is 0 Å². The molecule has 0 heterocycles. The summed E-state index contributed by atoms with van der Waals surface area (Å²) in [5.41, 5.74) is 0.0834. The van der Waals surface area contributed by atoms with E-state index in [4.69, 9.17) is 9.84 Å². The van der Waals surface area contributed by atoms with Crippen LogP contribution < -0.4 is 15.4 Å². The van der Waals surface area contributed by atoms with Crippen LogP contribution in [0.2, 0.25) is 0 Å². The number of halogens is 1. The predicted octanol–water partition coefficient (Wildman–Crippen LogP) is 3.14. The Morgan fingerprint density at radius 3 is 2.50 bits per heavy atom. The van der Waals surface area contributed by atoms with Gasteiger partial charge in [-0.1, -0.05) is 13.8 Å². The molecule has 0 aliphatic heterocycles. The lowest BCUT2D eigenvalue weighted by molar-refractivity contribution is 0.227. The van der Waals surface area contributed by atoms with E-state index in [1.807, 2.05) is 27.7 Å². The number of hydrogen-bond donors (Lipinski definition) is 3. The number of rotatable bonds is 7. The Bertz CT molecular complexity index is 492. The van der Waals surface area contributed by atoms with Gasteiger partial charge in [0.2, 0.25) is 0 Å². The van der Waals surface area contributed by atoms with Crippen molar-refractivity contribution in [3.63, 3.8) is 0 Å². The van der Waals surface area contributed by atoms with E-state index in [0.717, 1.165) is 0 Å². The Morgan fingerprint density at radius 2 is 2.00 bits per heavy atom. The highest BCUT2D eigenvalue weighted by Gasteiger charge is 2.16. The molecule has 124 valence electrons. The van der Waals surface area contributed by atoms with Gasteiger partial charge in [0, 0.05) is 18.7 Å². The van der Waals surface area contributed by atoms with Gasteiger partial charge < -0.3 is 20.5 Å². The normalized spacial score (nSPS) is 12.4. The topological polar surface area (TPSA) is 70.6 Å². The first kappa shape index (κ1) is 18.2. The standard InChI is InChI=1S/C16H25FN2O3/c1-10(2)14(7-8-20)18-16(21)19-15-6-5-12(9-13(15)17)22-11(3)4/h5-6,9-11,14,20H,7-8H2,1-4H3,(H2,18,19,21)/t14-/m1/s1. The van der Waals surface area contributed by atoms with Gasteiger partial charge in [-0.05, 0) is 38.3 Å². The zero-order chi connectivity index (χ0) is 16.7. The molecule has 1 aromatic rings. The van der Waals surface area contributed by atoms with E-state index in [1.165, 1.54) is 12.1 Å². The smallest absolute Gasteiger partial charge is 0.319 e. The molecule has 0 unspecified atom stereocenters. The number of anilines is 1. The minimum Gasteiger partial charge on any atom is -0.491 e. The average Bonchev–Trinajstić information content (AvgIpc) is 2.40. The maximum Gasteiger partial charge on any atom is 0.319 e. The Morgan fingerprint density at radius 1 is 1.32 bits per heavy atom. The third kappa shape index (κ3) is 5.89. The second-order valence-electron chi connectivity index (χ2n) is 5.77. The molecule has 1 rings (SSSR count). The second-order valence-corrected chi connectivity index (χ2v) is 5.77. The van der Waals surface area contributed by atoms with E-state index < -0.39 is 11.8 Å². The number of aliphatic hydroxyl groups excluding tert-OH is 1. The summed E-state index contributed by atoms with van der Waals surface area (Å²) in [7, 11) is 0. The average molecular weight is 312 g/mol. The molecule has 0 saturated heterocycles. The van der Waals surface area contributed by atoms with Crippen LogP contribution in [0, 0.1) is 11.7 Å². The first-order valence-corrected chi connectivity index (χ1v) is 7.48. The lowest BCUT2D eigenvalue weighted by Crippen LogP contribution is -2.41. The van der Waals surface area contributed by atoms with E-state index >= 15 is 0 Å². The first-order chi connectivity index (χ1) is 10.3. The van der Waals surface area contributed by atoms with Crippen LogP contribution in [0.1, 0.15) is 34.1 Å². The quantitative estimate of drug-likeness (QED) is 0.724. The van der Waals surface area contributed by atoms with Crippen molar-refractivity contribution in [2.75, 3.05) is 11.9 Å². The largest absolute Gasteiger partial charge is 0.491 e. The molecule has 5 nitrogen and oxygen atoms in total. The number of carbonyl (C=O) groups is 1. The third-order valence-corrected chi connectivity index (χ3v) is 3.12. The van der Waals surface area contributed by atoms with Crippen LogP contribution in [-0.2, 0) is 0 Å². The molecule has 22 heavy (non-hydrogen) atoms. The van der Waals surface area contributed by atoms with Gasteiger partial charge in [0.15, 0.2) is 0 Å². The van der Waals surface area contributed by atoms with Crippen molar-refractivity contribution in [2.24, 2.45) is 5.92 Å². The molecule has 6 heteroatoms. The van der Waals surface area contributed by atoms with Crippen molar-refractivity contribution < 1.29 is 19.0 Å². The number of carbonyl (C=O) groups excluding carboxylic acids is 1. The molecule has 0 saturated carbocycles. The fourth-order valence-electron chi connectivity index (χ4n) is 1.98. The number of urea groups is 1. The van der Waals surface area contributed by atoms with E-state index in [0.29, 0.717) is 12.2 Å². The lowest BCUT2D eigenvalue weighted by atomic mass is 10.0. The second kappa shape index (κ2) is 8.58. The van der Waals surface area contributed by atoms with Crippen molar-refractivity contribution in [3.8, 4) is 5.75 Å². The van der Waals surface area contributed by atoms with Crippen molar-refractivity contribution in [2.45, 2.75) is 46.3 Å². The molecular formula is C16H25FN2O3. The number of benzene rings is 1. The lowest BCUT2D eigenvalue weighted by Gasteiger charge is -2.21. The molecule has 0 bridgehead atoms. The van der Waals surface area contributed by atoms with Gasteiger partial charge >= 0.3 is 6.03 Å². The Kier molecular flexibility index (Phi) is 7.11. The van der Waals surface area contributed by atoms with E-state index in [2.05, 4.69) is 10.6 Å². The van der Waals surface area contributed by atoms with E-state index in [-0.39, 0.29) is 30.4 Å². The van der Waals surface area contributed by atoms with Crippen LogP contribution in [0.25, 0.3) is 0 Å². The molecule has 0 aromatic heterocycles. The van der Waals surface area contributed by atoms with Crippen LogP contribution in [0.3, 0.4) is 0 Å². The molecule has 1 atom stereocenters. The number of aliphatic hydroxyl groups is 1. The van der Waals surface area contributed by atoms with Gasteiger partial charge in [0.05, 0.1) is 11.8 Å². The Labute approximate surface area is 130 Å². The van der Waals surface area contributed by atoms with Crippen LogP contribution in [-0.4, -0.2) is 29.9 Å². The van der Waals surface area contributed by atoms with Gasteiger partial charge in [0.1, 0.15) is 11.6 Å². The molecule has 0 aliphatic rings. The maximum absolute atomic E-state index is 13.9. The molecule has 0 fully saturated rings. The summed E-state index contributed by atoms with van der Waals surface area (Å²) in [6.07, 6.45) is 0.404. The minimum atomic E-state index is -0.559. The molecule has 1 aromatic carbocycles.